The molecule has 130 valence electrons. The number of carbonyl (C=O) groups is 1. The zero-order chi connectivity index (χ0) is 17.4. The fraction of sp³-hybridized carbons (Fsp3) is 0.571. The molecule has 3 atom stereocenters. The zero-order valence-electron chi connectivity index (χ0n) is 13.3. The molecule has 0 amide bonds. The van der Waals surface area contributed by atoms with E-state index in [2.05, 4.69) is 15.0 Å². The second kappa shape index (κ2) is 6.21. The Hall–Kier alpha value is -2.46. The van der Waals surface area contributed by atoms with E-state index in [4.69, 9.17) is 15.2 Å². The smallest absolute Gasteiger partial charge is 0.308 e. The van der Waals surface area contributed by atoms with Crippen molar-refractivity contribution in [3.63, 3.8) is 0 Å². The Morgan fingerprint density at radius 3 is 3.08 bits per heavy atom. The number of nitrogens with two attached hydrogens (primary N) is 1. The number of nitrogens with one attached hydrogen (secondary N) is 1. The number of carbonyl (C=O) groups excluding carboxylic acids is 1. The topological polar surface area (TPSA) is 145 Å². The molecule has 3 heterocycles. The molecule has 2 aromatic rings. The minimum absolute atomic E-state index is 0.0603. The lowest BCUT2D eigenvalue weighted by Gasteiger charge is -2.17. The molecule has 4 N–H and O–H groups in total. The number of H-pyrrole nitrogens is 1. The predicted octanol–water partition coefficient (Wildman–Crippen LogP) is -0.451. The molecule has 0 spiro atoms. The number of esters is 1. The molecule has 1 aliphatic rings. The number of aliphatic hydroxyl groups excluding tert-OH is 1. The largest absolute Gasteiger partial charge is 0.463 e. The van der Waals surface area contributed by atoms with Crippen molar-refractivity contribution in [1.82, 2.24) is 19.5 Å². The third kappa shape index (κ3) is 2.85. The number of hydrogen-bond donors (Lipinski definition) is 3. The van der Waals surface area contributed by atoms with Crippen LogP contribution in [0.25, 0.3) is 11.2 Å². The van der Waals surface area contributed by atoms with Crippen LogP contribution in [0, 0.1) is 5.92 Å². The number of hydrogen-bond acceptors (Lipinski definition) is 8. The van der Waals surface area contributed by atoms with Crippen LogP contribution in [-0.2, 0) is 14.3 Å². The van der Waals surface area contributed by atoms with Crippen LogP contribution in [0.2, 0.25) is 0 Å². The summed E-state index contributed by atoms with van der Waals surface area (Å²) in [5, 5.41) is 10.1. The number of fused-ring (bicyclic) bond motifs is 1. The van der Waals surface area contributed by atoms with Crippen molar-refractivity contribution in [3.05, 3.63) is 16.7 Å². The van der Waals surface area contributed by atoms with Crippen molar-refractivity contribution < 1.29 is 19.4 Å². The average Bonchev–Trinajstić information content (AvgIpc) is 3.05. The lowest BCUT2D eigenvalue weighted by molar-refractivity contribution is -0.153. The SMILES string of the molecule is CC(C)C(=O)OC[C@H]1O[C@@H](n2c(N)nc3c(=O)[nH]cnc32)C[C@@H]1O. The highest BCUT2D eigenvalue weighted by Gasteiger charge is 2.37. The number of imidazole rings is 1. The molecule has 0 aromatic carbocycles. The van der Waals surface area contributed by atoms with Crippen molar-refractivity contribution in [2.75, 3.05) is 12.3 Å². The van der Waals surface area contributed by atoms with Crippen molar-refractivity contribution >= 4 is 23.1 Å². The molecule has 0 unspecified atom stereocenters. The van der Waals surface area contributed by atoms with E-state index in [9.17, 15) is 14.7 Å². The Morgan fingerprint density at radius 1 is 1.62 bits per heavy atom. The van der Waals surface area contributed by atoms with Crippen LogP contribution >= 0.6 is 0 Å². The van der Waals surface area contributed by atoms with Crippen LogP contribution in [0.5, 0.6) is 0 Å². The number of nitrogens with zero attached hydrogens (tertiary/aromatic N) is 3. The summed E-state index contributed by atoms with van der Waals surface area (Å²) >= 11 is 0. The van der Waals surface area contributed by atoms with E-state index in [-0.39, 0.29) is 42.0 Å². The summed E-state index contributed by atoms with van der Waals surface area (Å²) in [7, 11) is 0. The van der Waals surface area contributed by atoms with Crippen LogP contribution in [-0.4, -0.2) is 49.4 Å². The van der Waals surface area contributed by atoms with Gasteiger partial charge in [0.15, 0.2) is 11.2 Å². The maximum absolute atomic E-state index is 11.8. The number of rotatable bonds is 4. The van der Waals surface area contributed by atoms with Crippen LogP contribution in [0.4, 0.5) is 5.95 Å². The van der Waals surface area contributed by atoms with E-state index < -0.39 is 24.0 Å². The second-order valence-electron chi connectivity index (χ2n) is 5.96. The van der Waals surface area contributed by atoms with E-state index in [0.717, 1.165) is 0 Å². The first-order valence-corrected chi connectivity index (χ1v) is 7.59. The number of aromatic nitrogens is 4. The second-order valence-corrected chi connectivity index (χ2v) is 5.96. The normalized spacial score (nSPS) is 23.9. The average molecular weight is 337 g/mol. The summed E-state index contributed by atoms with van der Waals surface area (Å²) in [6.07, 6.45) is -0.712. The minimum Gasteiger partial charge on any atom is -0.463 e. The Bertz CT molecular complexity index is 813. The van der Waals surface area contributed by atoms with Gasteiger partial charge in [-0.05, 0) is 0 Å². The predicted molar refractivity (Wildman–Crippen MR) is 82.9 cm³/mol. The van der Waals surface area contributed by atoms with Crippen molar-refractivity contribution in [2.24, 2.45) is 5.92 Å². The van der Waals surface area contributed by atoms with Crippen LogP contribution in [0.3, 0.4) is 0 Å². The van der Waals surface area contributed by atoms with Gasteiger partial charge < -0.3 is 25.3 Å². The number of aliphatic hydroxyl groups is 1. The summed E-state index contributed by atoms with van der Waals surface area (Å²) in [5.74, 6) is -0.565. The van der Waals surface area contributed by atoms with Crippen LogP contribution in [0.1, 0.15) is 26.5 Å². The van der Waals surface area contributed by atoms with E-state index in [0.29, 0.717) is 0 Å². The minimum atomic E-state index is -0.839. The molecule has 3 rings (SSSR count). The van der Waals surface area contributed by atoms with Gasteiger partial charge in [-0.25, -0.2) is 9.97 Å². The van der Waals surface area contributed by atoms with Gasteiger partial charge in [-0.1, -0.05) is 13.8 Å². The summed E-state index contributed by atoms with van der Waals surface area (Å²) in [5.41, 5.74) is 5.83. The van der Waals surface area contributed by atoms with E-state index in [1.807, 2.05) is 0 Å². The molecule has 24 heavy (non-hydrogen) atoms. The van der Waals surface area contributed by atoms with Crippen molar-refractivity contribution in [2.45, 2.75) is 38.7 Å². The first kappa shape index (κ1) is 16.4. The summed E-state index contributed by atoms with van der Waals surface area (Å²) < 4.78 is 12.3. The number of ether oxygens (including phenoxy) is 2. The van der Waals surface area contributed by atoms with E-state index >= 15 is 0 Å². The third-order valence-corrected chi connectivity index (χ3v) is 3.86. The lowest BCUT2D eigenvalue weighted by Crippen LogP contribution is -2.29. The van der Waals surface area contributed by atoms with Crippen LogP contribution in [0.15, 0.2) is 11.1 Å². The molecule has 10 nitrogen and oxygen atoms in total. The van der Waals surface area contributed by atoms with Gasteiger partial charge in [-0.3, -0.25) is 14.2 Å². The van der Waals surface area contributed by atoms with Gasteiger partial charge in [0.1, 0.15) is 18.9 Å². The fourth-order valence-corrected chi connectivity index (χ4v) is 2.57. The molecule has 0 radical (unpaired) electrons. The Labute approximate surface area is 136 Å². The molecule has 0 aliphatic carbocycles. The standard InChI is InChI=1S/C14H19N5O5/c1-6(2)13(22)23-4-8-7(20)3-9(24-8)19-11-10(18-14(19)15)12(21)17-5-16-11/h5-9,20H,3-4H2,1-2H3,(H2,15,18)(H,16,17,21)/t7-,8+,9+/m0/s1. The molecule has 2 aromatic heterocycles. The van der Waals surface area contributed by atoms with Crippen LogP contribution < -0.4 is 11.3 Å². The molecule has 1 fully saturated rings. The van der Waals surface area contributed by atoms with Crippen molar-refractivity contribution in [1.29, 1.82) is 0 Å². The molecule has 1 aliphatic heterocycles. The molecular weight excluding hydrogens is 318 g/mol. The Kier molecular flexibility index (Phi) is 4.24. The molecule has 1 saturated heterocycles. The van der Waals surface area contributed by atoms with E-state index in [1.54, 1.807) is 13.8 Å². The first-order valence-electron chi connectivity index (χ1n) is 7.59. The molecular formula is C14H19N5O5. The Balaban J connectivity index is 1.80. The van der Waals surface area contributed by atoms with E-state index in [1.165, 1.54) is 10.9 Å². The van der Waals surface area contributed by atoms with Gasteiger partial charge in [0, 0.05) is 6.42 Å². The Morgan fingerprint density at radius 2 is 2.38 bits per heavy atom. The van der Waals surface area contributed by atoms with Gasteiger partial charge in [-0.2, -0.15) is 0 Å². The van der Waals surface area contributed by atoms with Gasteiger partial charge in [0.2, 0.25) is 5.95 Å². The highest BCUT2D eigenvalue weighted by molar-refractivity contribution is 5.73. The highest BCUT2D eigenvalue weighted by atomic mass is 16.6. The first-order chi connectivity index (χ1) is 11.4. The monoisotopic (exact) mass is 337 g/mol. The number of anilines is 1. The maximum Gasteiger partial charge on any atom is 0.308 e. The molecule has 10 heteroatoms. The van der Waals surface area contributed by atoms with Gasteiger partial charge in [0.05, 0.1) is 18.3 Å². The summed E-state index contributed by atoms with van der Waals surface area (Å²) in [4.78, 5) is 33.8. The third-order valence-electron chi connectivity index (χ3n) is 3.86. The summed E-state index contributed by atoms with van der Waals surface area (Å²) in [6.45, 7) is 3.38. The molecule has 0 bridgehead atoms. The highest BCUT2D eigenvalue weighted by Crippen LogP contribution is 2.32. The maximum atomic E-state index is 11.8. The van der Waals surface area contributed by atoms with Gasteiger partial charge in [0.25, 0.3) is 5.56 Å². The fourth-order valence-electron chi connectivity index (χ4n) is 2.57. The molecule has 0 saturated carbocycles. The lowest BCUT2D eigenvalue weighted by atomic mass is 10.2. The van der Waals surface area contributed by atoms with Gasteiger partial charge >= 0.3 is 5.97 Å². The zero-order valence-corrected chi connectivity index (χ0v) is 13.3. The number of aromatic amines is 1. The quantitative estimate of drug-likeness (QED) is 0.636. The number of nitrogen functional groups attached to an aromatic ring is 1. The summed E-state index contributed by atoms with van der Waals surface area (Å²) in [6, 6.07) is 0. The van der Waals surface area contributed by atoms with Gasteiger partial charge in [-0.15, -0.1) is 0 Å². The van der Waals surface area contributed by atoms with Crippen molar-refractivity contribution in [3.8, 4) is 0 Å².